The topological polar surface area (TPSA) is 54.7 Å². The number of aryl methyl sites for hydroxylation is 1. The fourth-order valence-electron chi connectivity index (χ4n) is 1.58. The van der Waals surface area contributed by atoms with E-state index in [1.807, 2.05) is 30.3 Å². The van der Waals surface area contributed by atoms with Crippen LogP contribution in [0.3, 0.4) is 0 Å². The minimum Gasteiger partial charge on any atom is -0.382 e. The van der Waals surface area contributed by atoms with E-state index in [1.54, 1.807) is 0 Å². The van der Waals surface area contributed by atoms with Crippen molar-refractivity contribution < 1.29 is 0 Å². The lowest BCUT2D eigenvalue weighted by Gasteiger charge is -2.01. The van der Waals surface area contributed by atoms with Crippen LogP contribution in [0.1, 0.15) is 12.6 Å². The van der Waals surface area contributed by atoms with Gasteiger partial charge in [-0.1, -0.05) is 37.3 Å². The van der Waals surface area contributed by atoms with Crippen molar-refractivity contribution in [2.24, 2.45) is 0 Å². The zero-order valence-electron chi connectivity index (χ0n) is 8.12. The number of nitrogens with zero attached hydrogens (tertiary/aromatic N) is 1. The third-order valence-corrected chi connectivity index (χ3v) is 2.29. The van der Waals surface area contributed by atoms with Crippen LogP contribution in [0, 0.1) is 0 Å². The summed E-state index contributed by atoms with van der Waals surface area (Å²) >= 11 is 0. The van der Waals surface area contributed by atoms with Gasteiger partial charge in [0.05, 0.1) is 0 Å². The fraction of sp³-hybridized carbons (Fsp3) is 0.182. The van der Waals surface area contributed by atoms with Crippen molar-refractivity contribution >= 4 is 5.82 Å². The summed E-state index contributed by atoms with van der Waals surface area (Å²) in [5.41, 5.74) is 9.05. The largest absolute Gasteiger partial charge is 0.382 e. The van der Waals surface area contributed by atoms with Crippen LogP contribution in [0.2, 0.25) is 0 Å². The summed E-state index contributed by atoms with van der Waals surface area (Å²) in [7, 11) is 0. The number of hydrogen-bond donors (Lipinski definition) is 2. The molecule has 3 heteroatoms. The highest BCUT2D eigenvalue weighted by molar-refractivity contribution is 5.76. The smallest absolute Gasteiger partial charge is 0.153 e. The number of aromatic amines is 1. The number of nitrogen functional groups attached to an aromatic ring is 1. The van der Waals surface area contributed by atoms with Crippen molar-refractivity contribution in [3.05, 3.63) is 36.0 Å². The highest BCUT2D eigenvalue weighted by Crippen LogP contribution is 2.27. The maximum atomic E-state index is 5.81. The van der Waals surface area contributed by atoms with Gasteiger partial charge in [-0.3, -0.25) is 5.10 Å². The Balaban J connectivity index is 2.55. The molecule has 2 aromatic rings. The standard InChI is InChI=1S/C11H13N3/c1-2-9-10(11(12)14-13-9)8-6-4-3-5-7-8/h3-7H,2H2,1H3,(H3,12,13,14). The Hall–Kier alpha value is -1.77. The average molecular weight is 187 g/mol. The molecule has 0 saturated carbocycles. The minimum atomic E-state index is 0.577. The summed E-state index contributed by atoms with van der Waals surface area (Å²) in [4.78, 5) is 0. The predicted molar refractivity (Wildman–Crippen MR) is 57.8 cm³/mol. The molecule has 0 fully saturated rings. The molecule has 0 aliphatic heterocycles. The first-order chi connectivity index (χ1) is 6.83. The lowest BCUT2D eigenvalue weighted by atomic mass is 10.0. The van der Waals surface area contributed by atoms with E-state index >= 15 is 0 Å². The minimum absolute atomic E-state index is 0.577. The SMILES string of the molecule is CCc1[nH]nc(N)c1-c1ccccc1. The second-order valence-electron chi connectivity index (χ2n) is 3.18. The molecular weight excluding hydrogens is 174 g/mol. The molecule has 3 nitrogen and oxygen atoms in total. The molecule has 14 heavy (non-hydrogen) atoms. The zero-order chi connectivity index (χ0) is 9.97. The van der Waals surface area contributed by atoms with Gasteiger partial charge in [0.25, 0.3) is 0 Å². The Bertz CT molecular complexity index is 417. The first kappa shape index (κ1) is 8.81. The Morgan fingerprint density at radius 1 is 1.29 bits per heavy atom. The van der Waals surface area contributed by atoms with E-state index in [4.69, 9.17) is 5.73 Å². The van der Waals surface area contributed by atoms with Crippen LogP contribution in [0.15, 0.2) is 30.3 Å². The van der Waals surface area contributed by atoms with Gasteiger partial charge in [-0.25, -0.2) is 0 Å². The summed E-state index contributed by atoms with van der Waals surface area (Å²) in [6.07, 6.45) is 0.911. The molecule has 3 N–H and O–H groups in total. The van der Waals surface area contributed by atoms with Crippen molar-refractivity contribution in [2.75, 3.05) is 5.73 Å². The van der Waals surface area contributed by atoms with Crippen LogP contribution in [-0.2, 0) is 6.42 Å². The molecule has 0 atom stereocenters. The van der Waals surface area contributed by atoms with Crippen molar-refractivity contribution in [3.63, 3.8) is 0 Å². The summed E-state index contributed by atoms with van der Waals surface area (Å²) in [6, 6.07) is 10.1. The van der Waals surface area contributed by atoms with Crippen molar-refractivity contribution in [1.29, 1.82) is 0 Å². The monoisotopic (exact) mass is 187 g/mol. The number of nitrogens with two attached hydrogens (primary N) is 1. The van der Waals surface area contributed by atoms with Crippen LogP contribution in [-0.4, -0.2) is 10.2 Å². The Morgan fingerprint density at radius 3 is 2.64 bits per heavy atom. The van der Waals surface area contributed by atoms with Crippen LogP contribution in [0.4, 0.5) is 5.82 Å². The number of H-pyrrole nitrogens is 1. The second kappa shape index (κ2) is 3.54. The van der Waals surface area contributed by atoms with E-state index in [2.05, 4.69) is 17.1 Å². The first-order valence-electron chi connectivity index (χ1n) is 4.71. The highest BCUT2D eigenvalue weighted by atomic mass is 15.2. The van der Waals surface area contributed by atoms with Crippen molar-refractivity contribution in [1.82, 2.24) is 10.2 Å². The first-order valence-corrected chi connectivity index (χ1v) is 4.71. The maximum absolute atomic E-state index is 5.81. The third-order valence-electron chi connectivity index (χ3n) is 2.29. The molecule has 1 aromatic carbocycles. The molecule has 0 aliphatic rings. The molecule has 0 radical (unpaired) electrons. The Morgan fingerprint density at radius 2 is 2.00 bits per heavy atom. The van der Waals surface area contributed by atoms with Crippen LogP contribution in [0.5, 0.6) is 0 Å². The molecule has 2 rings (SSSR count). The van der Waals surface area contributed by atoms with Crippen molar-refractivity contribution in [2.45, 2.75) is 13.3 Å². The quantitative estimate of drug-likeness (QED) is 0.757. The van der Waals surface area contributed by atoms with Gasteiger partial charge in [0, 0.05) is 11.3 Å². The van der Waals surface area contributed by atoms with E-state index < -0.39 is 0 Å². The molecule has 0 saturated heterocycles. The van der Waals surface area contributed by atoms with Gasteiger partial charge in [-0.15, -0.1) is 0 Å². The van der Waals surface area contributed by atoms with Gasteiger partial charge >= 0.3 is 0 Å². The molecule has 0 spiro atoms. The molecule has 0 bridgehead atoms. The van der Waals surface area contributed by atoms with E-state index in [0.717, 1.165) is 23.2 Å². The molecular formula is C11H13N3. The van der Waals surface area contributed by atoms with E-state index in [0.29, 0.717) is 5.82 Å². The molecule has 1 heterocycles. The summed E-state index contributed by atoms with van der Waals surface area (Å²) in [6.45, 7) is 2.08. The van der Waals surface area contributed by atoms with E-state index in [-0.39, 0.29) is 0 Å². The number of nitrogens with one attached hydrogen (secondary N) is 1. The van der Waals surface area contributed by atoms with Gasteiger partial charge in [-0.2, -0.15) is 5.10 Å². The highest BCUT2D eigenvalue weighted by Gasteiger charge is 2.10. The number of rotatable bonds is 2. The number of benzene rings is 1. The molecule has 0 unspecified atom stereocenters. The summed E-state index contributed by atoms with van der Waals surface area (Å²) in [5.74, 6) is 0.577. The van der Waals surface area contributed by atoms with Gasteiger partial charge in [0.2, 0.25) is 0 Å². The summed E-state index contributed by atoms with van der Waals surface area (Å²) in [5, 5.41) is 6.96. The normalized spacial score (nSPS) is 10.4. The molecule has 72 valence electrons. The second-order valence-corrected chi connectivity index (χ2v) is 3.18. The zero-order valence-corrected chi connectivity index (χ0v) is 8.12. The number of aromatic nitrogens is 2. The molecule has 0 aliphatic carbocycles. The Labute approximate surface area is 83.0 Å². The molecule has 0 amide bonds. The number of hydrogen-bond acceptors (Lipinski definition) is 2. The average Bonchev–Trinajstić information content (AvgIpc) is 2.61. The van der Waals surface area contributed by atoms with Gasteiger partial charge in [0.15, 0.2) is 5.82 Å². The molecule has 1 aromatic heterocycles. The van der Waals surface area contributed by atoms with Crippen LogP contribution in [0.25, 0.3) is 11.1 Å². The van der Waals surface area contributed by atoms with Gasteiger partial charge < -0.3 is 5.73 Å². The van der Waals surface area contributed by atoms with E-state index in [1.165, 1.54) is 0 Å². The lowest BCUT2D eigenvalue weighted by molar-refractivity contribution is 0.978. The fourth-order valence-corrected chi connectivity index (χ4v) is 1.58. The number of anilines is 1. The Kier molecular flexibility index (Phi) is 2.23. The maximum Gasteiger partial charge on any atom is 0.153 e. The lowest BCUT2D eigenvalue weighted by Crippen LogP contribution is -1.89. The predicted octanol–water partition coefficient (Wildman–Crippen LogP) is 2.22. The van der Waals surface area contributed by atoms with E-state index in [9.17, 15) is 0 Å². The van der Waals surface area contributed by atoms with Crippen LogP contribution < -0.4 is 5.73 Å². The van der Waals surface area contributed by atoms with Gasteiger partial charge in [-0.05, 0) is 12.0 Å². The van der Waals surface area contributed by atoms with Gasteiger partial charge in [0.1, 0.15) is 0 Å². The van der Waals surface area contributed by atoms with Crippen LogP contribution >= 0.6 is 0 Å². The van der Waals surface area contributed by atoms with Crippen molar-refractivity contribution in [3.8, 4) is 11.1 Å². The summed E-state index contributed by atoms with van der Waals surface area (Å²) < 4.78 is 0. The third kappa shape index (κ3) is 1.37.